The lowest BCUT2D eigenvalue weighted by molar-refractivity contribution is -0.121. The minimum atomic E-state index is -0.184. The van der Waals surface area contributed by atoms with Gasteiger partial charge >= 0.3 is 0 Å². The predicted molar refractivity (Wildman–Crippen MR) is 61.8 cm³/mol. The molecule has 0 saturated heterocycles. The zero-order chi connectivity index (χ0) is 12.1. The Hall–Kier alpha value is -1.64. The van der Waals surface area contributed by atoms with E-state index < -0.39 is 0 Å². The topological polar surface area (TPSA) is 43.4 Å². The molecular formula is C13H16O3. The van der Waals surface area contributed by atoms with Gasteiger partial charge in [-0.15, -0.1) is 0 Å². The summed E-state index contributed by atoms with van der Waals surface area (Å²) in [6, 6.07) is 6.94. The summed E-state index contributed by atoms with van der Waals surface area (Å²) in [5.41, 5.74) is 0.471. The number of methoxy groups -OCH3 is 1. The number of hydrogen-bond acceptors (Lipinski definition) is 3. The molecule has 0 aliphatic rings. The van der Waals surface area contributed by atoms with Crippen molar-refractivity contribution in [2.75, 3.05) is 7.11 Å². The number of hydrogen-bond donors (Lipinski definition) is 0. The van der Waals surface area contributed by atoms with Gasteiger partial charge in [-0.2, -0.15) is 0 Å². The standard InChI is InChI=1S/C13H16O3/c1-9(2)11(14)8-12(15)10-6-4-5-7-13(10)16-3/h4-7,9H,8H2,1-3H3. The van der Waals surface area contributed by atoms with Crippen LogP contribution in [-0.2, 0) is 4.79 Å². The fourth-order valence-corrected chi connectivity index (χ4v) is 1.33. The van der Waals surface area contributed by atoms with Gasteiger partial charge in [0.1, 0.15) is 11.5 Å². The zero-order valence-corrected chi connectivity index (χ0v) is 9.82. The summed E-state index contributed by atoms with van der Waals surface area (Å²) in [7, 11) is 1.51. The number of para-hydroxylation sites is 1. The molecule has 0 aliphatic carbocycles. The van der Waals surface area contributed by atoms with E-state index in [2.05, 4.69) is 0 Å². The predicted octanol–water partition coefficient (Wildman–Crippen LogP) is 2.49. The first kappa shape index (κ1) is 12.4. The second-order valence-electron chi connectivity index (χ2n) is 3.92. The summed E-state index contributed by atoms with van der Waals surface area (Å²) < 4.78 is 5.08. The minimum absolute atomic E-state index is 0.0455. The molecule has 0 atom stereocenters. The van der Waals surface area contributed by atoms with Crippen LogP contribution in [0.5, 0.6) is 5.75 Å². The second kappa shape index (κ2) is 5.45. The third-order valence-corrected chi connectivity index (χ3v) is 2.39. The summed E-state index contributed by atoms with van der Waals surface area (Å²) in [5, 5.41) is 0. The van der Waals surface area contributed by atoms with Crippen molar-refractivity contribution in [3.63, 3.8) is 0 Å². The Morgan fingerprint density at radius 3 is 2.44 bits per heavy atom. The number of carbonyl (C=O) groups excluding carboxylic acids is 2. The molecule has 3 nitrogen and oxygen atoms in total. The number of carbonyl (C=O) groups is 2. The molecule has 0 aromatic heterocycles. The van der Waals surface area contributed by atoms with Crippen LogP contribution in [0.25, 0.3) is 0 Å². The van der Waals surface area contributed by atoms with E-state index >= 15 is 0 Å². The maximum atomic E-state index is 11.8. The molecule has 0 saturated carbocycles. The van der Waals surface area contributed by atoms with Crippen molar-refractivity contribution in [1.82, 2.24) is 0 Å². The number of ether oxygens (including phenoxy) is 1. The molecule has 0 fully saturated rings. The van der Waals surface area contributed by atoms with Gasteiger partial charge in [0.25, 0.3) is 0 Å². The van der Waals surface area contributed by atoms with E-state index in [1.807, 2.05) is 0 Å². The van der Waals surface area contributed by atoms with Crippen LogP contribution >= 0.6 is 0 Å². The highest BCUT2D eigenvalue weighted by Gasteiger charge is 2.17. The monoisotopic (exact) mass is 220 g/mol. The Morgan fingerprint density at radius 1 is 1.25 bits per heavy atom. The van der Waals surface area contributed by atoms with Crippen LogP contribution in [0.1, 0.15) is 30.6 Å². The first-order chi connectivity index (χ1) is 7.56. The van der Waals surface area contributed by atoms with E-state index in [1.54, 1.807) is 38.1 Å². The third kappa shape index (κ3) is 2.92. The normalized spacial score (nSPS) is 10.2. The van der Waals surface area contributed by atoms with E-state index in [-0.39, 0.29) is 23.9 Å². The molecular weight excluding hydrogens is 204 g/mol. The summed E-state index contributed by atoms with van der Waals surface area (Å²) in [6.07, 6.45) is -0.0575. The van der Waals surface area contributed by atoms with Gasteiger partial charge in [-0.3, -0.25) is 9.59 Å². The fourth-order valence-electron chi connectivity index (χ4n) is 1.33. The number of rotatable bonds is 5. The quantitative estimate of drug-likeness (QED) is 0.565. The summed E-state index contributed by atoms with van der Waals surface area (Å²) in [6.45, 7) is 3.58. The Morgan fingerprint density at radius 2 is 1.88 bits per heavy atom. The van der Waals surface area contributed by atoms with Crippen molar-refractivity contribution in [3.8, 4) is 5.75 Å². The highest BCUT2D eigenvalue weighted by molar-refractivity contribution is 6.09. The van der Waals surface area contributed by atoms with Gasteiger partial charge < -0.3 is 4.74 Å². The van der Waals surface area contributed by atoms with Gasteiger partial charge in [-0.25, -0.2) is 0 Å². The molecule has 1 aromatic carbocycles. The van der Waals surface area contributed by atoms with Crippen molar-refractivity contribution >= 4 is 11.6 Å². The lowest BCUT2D eigenvalue weighted by Crippen LogP contribution is -2.14. The Balaban J connectivity index is 2.84. The van der Waals surface area contributed by atoms with E-state index in [0.29, 0.717) is 11.3 Å². The van der Waals surface area contributed by atoms with Crippen LogP contribution in [0.2, 0.25) is 0 Å². The van der Waals surface area contributed by atoms with E-state index in [1.165, 1.54) is 7.11 Å². The van der Waals surface area contributed by atoms with Crippen molar-refractivity contribution in [2.24, 2.45) is 5.92 Å². The van der Waals surface area contributed by atoms with Crippen LogP contribution < -0.4 is 4.74 Å². The average Bonchev–Trinajstić information content (AvgIpc) is 2.28. The third-order valence-electron chi connectivity index (χ3n) is 2.39. The summed E-state index contributed by atoms with van der Waals surface area (Å²) in [5.74, 6) is 0.176. The van der Waals surface area contributed by atoms with Crippen molar-refractivity contribution in [2.45, 2.75) is 20.3 Å². The molecule has 1 rings (SSSR count). The highest BCUT2D eigenvalue weighted by Crippen LogP contribution is 2.19. The molecule has 0 bridgehead atoms. The summed E-state index contributed by atoms with van der Waals surface area (Å²) in [4.78, 5) is 23.3. The minimum Gasteiger partial charge on any atom is -0.496 e. The van der Waals surface area contributed by atoms with Crippen molar-refractivity contribution < 1.29 is 14.3 Å². The van der Waals surface area contributed by atoms with Crippen molar-refractivity contribution in [1.29, 1.82) is 0 Å². The Kier molecular flexibility index (Phi) is 4.23. The summed E-state index contributed by atoms with van der Waals surface area (Å²) >= 11 is 0. The van der Waals surface area contributed by atoms with Crippen LogP contribution in [0.15, 0.2) is 24.3 Å². The van der Waals surface area contributed by atoms with Crippen LogP contribution in [0.4, 0.5) is 0 Å². The van der Waals surface area contributed by atoms with Gasteiger partial charge in [0.2, 0.25) is 0 Å². The van der Waals surface area contributed by atoms with Crippen molar-refractivity contribution in [3.05, 3.63) is 29.8 Å². The van der Waals surface area contributed by atoms with Crippen LogP contribution in [0, 0.1) is 5.92 Å². The van der Waals surface area contributed by atoms with Gasteiger partial charge in [0, 0.05) is 5.92 Å². The molecule has 86 valence electrons. The van der Waals surface area contributed by atoms with Gasteiger partial charge in [-0.05, 0) is 12.1 Å². The fraction of sp³-hybridized carbons (Fsp3) is 0.385. The van der Waals surface area contributed by atoms with Gasteiger partial charge in [0.05, 0.1) is 19.1 Å². The smallest absolute Gasteiger partial charge is 0.173 e. The average molecular weight is 220 g/mol. The second-order valence-corrected chi connectivity index (χ2v) is 3.92. The lowest BCUT2D eigenvalue weighted by Gasteiger charge is -2.07. The molecule has 0 unspecified atom stereocenters. The maximum Gasteiger partial charge on any atom is 0.173 e. The molecule has 1 aromatic rings. The molecule has 16 heavy (non-hydrogen) atoms. The largest absolute Gasteiger partial charge is 0.496 e. The molecule has 0 aliphatic heterocycles. The first-order valence-corrected chi connectivity index (χ1v) is 5.25. The van der Waals surface area contributed by atoms with E-state index in [4.69, 9.17) is 4.74 Å². The lowest BCUT2D eigenvalue weighted by atomic mass is 9.99. The van der Waals surface area contributed by atoms with Crippen LogP contribution in [0.3, 0.4) is 0 Å². The Labute approximate surface area is 95.4 Å². The maximum absolute atomic E-state index is 11.8. The number of benzene rings is 1. The van der Waals surface area contributed by atoms with Gasteiger partial charge in [0.15, 0.2) is 5.78 Å². The Bertz CT molecular complexity index is 394. The van der Waals surface area contributed by atoms with E-state index in [0.717, 1.165) is 0 Å². The first-order valence-electron chi connectivity index (χ1n) is 5.25. The van der Waals surface area contributed by atoms with Crippen LogP contribution in [-0.4, -0.2) is 18.7 Å². The SMILES string of the molecule is COc1ccccc1C(=O)CC(=O)C(C)C. The van der Waals surface area contributed by atoms with Gasteiger partial charge in [-0.1, -0.05) is 26.0 Å². The molecule has 0 amide bonds. The number of Topliss-reactive ketones (excluding diaryl/α,β-unsaturated/α-hetero) is 2. The molecule has 3 heteroatoms. The molecule has 0 heterocycles. The molecule has 0 radical (unpaired) electrons. The molecule has 0 N–H and O–H groups in total. The zero-order valence-electron chi connectivity index (χ0n) is 9.82. The highest BCUT2D eigenvalue weighted by atomic mass is 16.5. The molecule has 0 spiro atoms. The number of ketones is 2. The van der Waals surface area contributed by atoms with E-state index in [9.17, 15) is 9.59 Å².